The molecule has 1 N–H and O–H groups in total. The summed E-state index contributed by atoms with van der Waals surface area (Å²) >= 11 is 0. The summed E-state index contributed by atoms with van der Waals surface area (Å²) in [5, 5.41) is 9.15. The lowest BCUT2D eigenvalue weighted by Gasteiger charge is -2.24. The molecule has 1 aromatic rings. The second kappa shape index (κ2) is 6.15. The third-order valence-corrected chi connectivity index (χ3v) is 4.16. The van der Waals surface area contributed by atoms with Crippen LogP contribution in [0.2, 0.25) is 0 Å². The lowest BCUT2D eigenvalue weighted by molar-refractivity contribution is -0.137. The fraction of sp³-hybridized carbons (Fsp3) is 0.588. The molecule has 0 spiro atoms. The van der Waals surface area contributed by atoms with E-state index in [-0.39, 0.29) is 12.3 Å². The van der Waals surface area contributed by atoms with Gasteiger partial charge >= 0.3 is 5.97 Å². The zero-order chi connectivity index (χ0) is 16.5. The van der Waals surface area contributed by atoms with Crippen LogP contribution in [0.15, 0.2) is 12.1 Å². The third kappa shape index (κ3) is 3.51. The first-order valence-electron chi connectivity index (χ1n) is 7.45. The van der Waals surface area contributed by atoms with Crippen LogP contribution in [0.1, 0.15) is 50.2 Å². The molecule has 1 fully saturated rings. The molecule has 0 bridgehead atoms. The van der Waals surface area contributed by atoms with E-state index in [0.717, 1.165) is 18.4 Å². The SMILES string of the molecule is COc1cc(C(CC(=O)O)C2CC2)cc(C(C)(C)F)c1OC. The second-order valence-electron chi connectivity index (χ2n) is 6.32. The lowest BCUT2D eigenvalue weighted by Crippen LogP contribution is -2.15. The molecule has 0 amide bonds. The van der Waals surface area contributed by atoms with Crippen LogP contribution in [0.5, 0.6) is 11.5 Å². The van der Waals surface area contributed by atoms with Crippen molar-refractivity contribution in [2.75, 3.05) is 14.2 Å². The smallest absolute Gasteiger partial charge is 0.303 e. The molecule has 0 saturated heterocycles. The van der Waals surface area contributed by atoms with Gasteiger partial charge in [-0.05, 0) is 56.2 Å². The van der Waals surface area contributed by atoms with Gasteiger partial charge in [0.05, 0.1) is 20.6 Å². The highest BCUT2D eigenvalue weighted by atomic mass is 19.1. The summed E-state index contributed by atoms with van der Waals surface area (Å²) < 4.78 is 25.2. The van der Waals surface area contributed by atoms with Gasteiger partial charge in [0.25, 0.3) is 0 Å². The molecule has 1 aromatic carbocycles. The van der Waals surface area contributed by atoms with Gasteiger partial charge in [-0.15, -0.1) is 0 Å². The van der Waals surface area contributed by atoms with Crippen LogP contribution in [0, 0.1) is 5.92 Å². The second-order valence-corrected chi connectivity index (χ2v) is 6.32. The van der Waals surface area contributed by atoms with Crippen LogP contribution in [-0.4, -0.2) is 25.3 Å². The molecule has 1 saturated carbocycles. The number of carboxylic acid groups (broad SMARTS) is 1. The first-order chi connectivity index (χ1) is 10.3. The maximum atomic E-state index is 14.6. The average Bonchev–Trinajstić information content (AvgIpc) is 3.26. The number of hydrogen-bond donors (Lipinski definition) is 1. The first kappa shape index (κ1) is 16.6. The van der Waals surface area contributed by atoms with E-state index in [9.17, 15) is 9.18 Å². The molecular weight excluding hydrogens is 287 g/mol. The molecule has 1 unspecified atom stereocenters. The lowest BCUT2D eigenvalue weighted by atomic mass is 9.87. The number of aliphatic carboxylic acids is 1. The van der Waals surface area contributed by atoms with E-state index >= 15 is 0 Å². The summed E-state index contributed by atoms with van der Waals surface area (Å²) in [6.45, 7) is 2.91. The van der Waals surface area contributed by atoms with Crippen LogP contribution < -0.4 is 9.47 Å². The molecule has 1 atom stereocenters. The van der Waals surface area contributed by atoms with E-state index in [1.807, 2.05) is 0 Å². The summed E-state index contributed by atoms with van der Waals surface area (Å²) in [6, 6.07) is 3.51. The predicted octanol–water partition coefficient (Wildman–Crippen LogP) is 3.88. The summed E-state index contributed by atoms with van der Waals surface area (Å²) in [6.07, 6.45) is 2.08. The highest BCUT2D eigenvalue weighted by Crippen LogP contribution is 2.48. The Hall–Kier alpha value is -1.78. The van der Waals surface area contributed by atoms with Crippen LogP contribution in [0.25, 0.3) is 0 Å². The quantitative estimate of drug-likeness (QED) is 0.830. The fourth-order valence-electron chi connectivity index (χ4n) is 2.88. The Kier molecular flexibility index (Phi) is 4.63. The Labute approximate surface area is 130 Å². The minimum absolute atomic E-state index is 0.0479. The van der Waals surface area contributed by atoms with Crippen molar-refractivity contribution in [2.45, 2.75) is 44.7 Å². The predicted molar refractivity (Wildman–Crippen MR) is 81.4 cm³/mol. The number of methoxy groups -OCH3 is 2. The molecule has 4 nitrogen and oxygen atoms in total. The number of rotatable bonds is 7. The Morgan fingerprint density at radius 3 is 2.41 bits per heavy atom. The van der Waals surface area contributed by atoms with E-state index in [1.54, 1.807) is 12.1 Å². The van der Waals surface area contributed by atoms with Crippen LogP contribution in [0.4, 0.5) is 4.39 Å². The third-order valence-electron chi connectivity index (χ3n) is 4.16. The maximum absolute atomic E-state index is 14.6. The number of carbonyl (C=O) groups is 1. The maximum Gasteiger partial charge on any atom is 0.303 e. The van der Waals surface area contributed by atoms with Crippen LogP contribution in [-0.2, 0) is 10.5 Å². The molecular formula is C17H23FO4. The van der Waals surface area contributed by atoms with Gasteiger partial charge in [0.1, 0.15) is 5.67 Å². The van der Waals surface area contributed by atoms with Gasteiger partial charge in [-0.2, -0.15) is 0 Å². The molecule has 1 aliphatic rings. The average molecular weight is 310 g/mol. The van der Waals surface area contributed by atoms with Crippen molar-refractivity contribution in [2.24, 2.45) is 5.92 Å². The number of benzene rings is 1. The highest BCUT2D eigenvalue weighted by molar-refractivity contribution is 5.68. The zero-order valence-corrected chi connectivity index (χ0v) is 13.5. The minimum Gasteiger partial charge on any atom is -0.493 e. The molecule has 22 heavy (non-hydrogen) atoms. The standard InChI is InChI=1S/C17H23FO4/c1-17(2,18)13-7-11(8-14(21-3)16(13)22-4)12(9-15(19)20)10-5-6-10/h7-8,10,12H,5-6,9H2,1-4H3,(H,19,20). The molecule has 0 aliphatic heterocycles. The van der Waals surface area contributed by atoms with Crippen molar-refractivity contribution < 1.29 is 23.8 Å². The van der Waals surface area contributed by atoms with Crippen LogP contribution >= 0.6 is 0 Å². The molecule has 5 heteroatoms. The van der Waals surface area contributed by atoms with Crippen molar-refractivity contribution in [3.8, 4) is 11.5 Å². The monoisotopic (exact) mass is 310 g/mol. The van der Waals surface area contributed by atoms with Gasteiger partial charge in [0.2, 0.25) is 0 Å². The normalized spacial score (nSPS) is 16.2. The largest absolute Gasteiger partial charge is 0.493 e. The summed E-state index contributed by atoms with van der Waals surface area (Å²) in [7, 11) is 2.97. The Bertz CT molecular complexity index is 559. The van der Waals surface area contributed by atoms with E-state index in [2.05, 4.69) is 0 Å². The number of hydrogen-bond acceptors (Lipinski definition) is 3. The van der Waals surface area contributed by atoms with Gasteiger partial charge in [-0.1, -0.05) is 0 Å². The van der Waals surface area contributed by atoms with Crippen LogP contribution in [0.3, 0.4) is 0 Å². The molecule has 0 aromatic heterocycles. The number of carboxylic acids is 1. The summed E-state index contributed by atoms with van der Waals surface area (Å²) in [5.41, 5.74) is -0.407. The number of halogens is 1. The number of ether oxygens (including phenoxy) is 2. The minimum atomic E-state index is -1.61. The highest BCUT2D eigenvalue weighted by Gasteiger charge is 2.36. The van der Waals surface area contributed by atoms with Crippen molar-refractivity contribution in [1.82, 2.24) is 0 Å². The van der Waals surface area contributed by atoms with E-state index in [1.165, 1.54) is 28.1 Å². The first-order valence-corrected chi connectivity index (χ1v) is 7.45. The molecule has 122 valence electrons. The molecule has 0 heterocycles. The van der Waals surface area contributed by atoms with E-state index < -0.39 is 11.6 Å². The molecule has 0 radical (unpaired) electrons. The molecule has 2 rings (SSSR count). The van der Waals surface area contributed by atoms with E-state index in [4.69, 9.17) is 14.6 Å². The summed E-state index contributed by atoms with van der Waals surface area (Å²) in [4.78, 5) is 11.1. The van der Waals surface area contributed by atoms with Gasteiger partial charge < -0.3 is 14.6 Å². The van der Waals surface area contributed by atoms with Gasteiger partial charge in [-0.25, -0.2) is 4.39 Å². The van der Waals surface area contributed by atoms with E-state index in [0.29, 0.717) is 23.0 Å². The Balaban J connectivity index is 2.53. The van der Waals surface area contributed by atoms with Crippen molar-refractivity contribution in [3.63, 3.8) is 0 Å². The van der Waals surface area contributed by atoms with Gasteiger partial charge in [0, 0.05) is 5.56 Å². The fourth-order valence-corrected chi connectivity index (χ4v) is 2.88. The zero-order valence-electron chi connectivity index (χ0n) is 13.5. The van der Waals surface area contributed by atoms with Crippen molar-refractivity contribution in [1.29, 1.82) is 0 Å². The molecule has 1 aliphatic carbocycles. The Morgan fingerprint density at radius 2 is 2.00 bits per heavy atom. The van der Waals surface area contributed by atoms with Gasteiger partial charge in [-0.3, -0.25) is 4.79 Å². The van der Waals surface area contributed by atoms with Gasteiger partial charge in [0.15, 0.2) is 11.5 Å². The van der Waals surface area contributed by atoms with Crippen molar-refractivity contribution in [3.05, 3.63) is 23.3 Å². The van der Waals surface area contributed by atoms with Crippen molar-refractivity contribution >= 4 is 5.97 Å². The topological polar surface area (TPSA) is 55.8 Å². The summed E-state index contributed by atoms with van der Waals surface area (Å²) in [5.74, 6) is 0.205. The Morgan fingerprint density at radius 1 is 1.36 bits per heavy atom. The number of alkyl halides is 1.